The van der Waals surface area contributed by atoms with Crippen molar-refractivity contribution < 1.29 is 19.4 Å². The molecule has 0 atom stereocenters. The average Bonchev–Trinajstić information content (AvgIpc) is 2.98. The molecule has 172 valence electrons. The van der Waals surface area contributed by atoms with E-state index in [4.69, 9.17) is 44.3 Å². The number of ether oxygens (including phenoxy) is 2. The molecule has 4 rings (SSSR count). The van der Waals surface area contributed by atoms with Crippen molar-refractivity contribution in [3.8, 4) is 16.9 Å². The van der Waals surface area contributed by atoms with Crippen LogP contribution in [0.1, 0.15) is 25.0 Å². The Morgan fingerprint density at radius 1 is 0.909 bits per heavy atom. The van der Waals surface area contributed by atoms with Gasteiger partial charge in [-0.2, -0.15) is 0 Å². The Labute approximate surface area is 208 Å². The van der Waals surface area contributed by atoms with Crippen LogP contribution in [0.2, 0.25) is 10.0 Å². The smallest absolute Gasteiger partial charge is 0.343 e. The van der Waals surface area contributed by atoms with Crippen molar-refractivity contribution in [3.05, 3.63) is 93.7 Å². The molecule has 0 spiro atoms. The molecule has 1 heterocycles. The Balaban J connectivity index is 0.000000257. The van der Waals surface area contributed by atoms with Gasteiger partial charge in [-0.1, -0.05) is 59.1 Å². The topological polar surface area (TPSA) is 55.8 Å². The van der Waals surface area contributed by atoms with Gasteiger partial charge >= 0.3 is 5.97 Å². The summed E-state index contributed by atoms with van der Waals surface area (Å²) < 4.78 is 10.2. The molecule has 1 N–H and O–H groups in total. The molecular weight excluding hydrogens is 483 g/mol. The summed E-state index contributed by atoms with van der Waals surface area (Å²) in [5, 5.41) is 11.7. The number of carbonyl (C=O) groups excluding carboxylic acids is 1. The number of alkyl halides is 1. The maximum Gasteiger partial charge on any atom is 0.343 e. The van der Waals surface area contributed by atoms with Crippen LogP contribution in [0.4, 0.5) is 0 Å². The van der Waals surface area contributed by atoms with Crippen LogP contribution in [0, 0.1) is 6.92 Å². The average molecular weight is 506 g/mol. The van der Waals surface area contributed by atoms with E-state index in [0.29, 0.717) is 15.6 Å². The van der Waals surface area contributed by atoms with Crippen molar-refractivity contribution in [1.82, 2.24) is 0 Å². The summed E-state index contributed by atoms with van der Waals surface area (Å²) in [4.78, 5) is 12.2. The van der Waals surface area contributed by atoms with E-state index in [-0.39, 0.29) is 17.4 Å². The Hall–Kier alpha value is -2.66. The number of hydrogen-bond acceptors (Lipinski definition) is 4. The second-order valence-corrected chi connectivity index (χ2v) is 8.96. The molecule has 33 heavy (non-hydrogen) atoms. The van der Waals surface area contributed by atoms with E-state index in [1.807, 2.05) is 49.4 Å². The molecule has 4 nitrogen and oxygen atoms in total. The van der Waals surface area contributed by atoms with Crippen LogP contribution in [0.3, 0.4) is 0 Å². The molecule has 0 saturated carbocycles. The number of rotatable bonds is 4. The van der Waals surface area contributed by atoms with Gasteiger partial charge in [0.25, 0.3) is 0 Å². The number of carbonyl (C=O) groups is 1. The molecule has 1 aliphatic rings. The molecule has 0 aliphatic carbocycles. The van der Waals surface area contributed by atoms with Gasteiger partial charge in [0.05, 0.1) is 0 Å². The van der Waals surface area contributed by atoms with Gasteiger partial charge < -0.3 is 14.6 Å². The van der Waals surface area contributed by atoms with E-state index in [1.165, 1.54) is 0 Å². The van der Waals surface area contributed by atoms with Crippen LogP contribution in [0.5, 0.6) is 5.75 Å². The number of hydrogen-bond donors (Lipinski definition) is 1. The van der Waals surface area contributed by atoms with E-state index in [2.05, 4.69) is 0 Å². The fourth-order valence-electron chi connectivity index (χ4n) is 3.27. The Bertz CT molecular complexity index is 1170. The summed E-state index contributed by atoms with van der Waals surface area (Å²) in [6.07, 6.45) is 0. The largest absolute Gasteiger partial charge is 0.507 e. The van der Waals surface area contributed by atoms with Crippen molar-refractivity contribution in [1.29, 1.82) is 0 Å². The predicted octanol–water partition coefficient (Wildman–Crippen LogP) is 7.84. The standard InChI is InChI=1S/C19H17ClO3.C7H6Cl2O/c1-11-4-5-13(12-6-8-14(20)9-7-12)10-15(11)16-17(21)19(2,3)23-18(16)22;8-5-10-7-3-1-6(9)2-4-7/h4-10,21H,1-3H3;1-4H,5H2. The molecule has 0 bridgehead atoms. The molecule has 1 aliphatic heterocycles. The van der Waals surface area contributed by atoms with Crippen LogP contribution < -0.4 is 4.74 Å². The fourth-order valence-corrected chi connectivity index (χ4v) is 3.65. The predicted molar refractivity (Wildman–Crippen MR) is 134 cm³/mol. The lowest BCUT2D eigenvalue weighted by Gasteiger charge is -2.16. The number of aryl methyl sites for hydroxylation is 1. The number of benzene rings is 3. The van der Waals surface area contributed by atoms with Crippen LogP contribution in [-0.2, 0) is 9.53 Å². The van der Waals surface area contributed by atoms with Gasteiger partial charge in [0.1, 0.15) is 11.3 Å². The van der Waals surface area contributed by atoms with Crippen molar-refractivity contribution in [3.63, 3.8) is 0 Å². The summed E-state index contributed by atoms with van der Waals surface area (Å²) in [7, 11) is 0. The first kappa shape index (κ1) is 25.0. The summed E-state index contributed by atoms with van der Waals surface area (Å²) in [6, 6.07) is 20.5. The quantitative estimate of drug-likeness (QED) is 0.290. The summed E-state index contributed by atoms with van der Waals surface area (Å²) in [5.41, 5.74) is 2.77. The molecule has 0 amide bonds. The third kappa shape index (κ3) is 6.02. The third-order valence-corrected chi connectivity index (χ3v) is 5.69. The summed E-state index contributed by atoms with van der Waals surface area (Å²) >= 11 is 16.9. The van der Waals surface area contributed by atoms with E-state index in [0.717, 1.165) is 22.4 Å². The molecule has 0 radical (unpaired) electrons. The number of aliphatic hydroxyl groups is 1. The van der Waals surface area contributed by atoms with Gasteiger partial charge in [-0.05, 0) is 85.5 Å². The number of aliphatic hydroxyl groups excluding tert-OH is 1. The SMILES string of the molecule is Cc1ccc(-c2ccc(Cl)cc2)cc1C1=C(O)C(C)(C)OC1=O.ClCOc1ccc(Cl)cc1. The lowest BCUT2D eigenvalue weighted by atomic mass is 9.93. The van der Waals surface area contributed by atoms with Crippen molar-refractivity contribution in [2.75, 3.05) is 6.07 Å². The van der Waals surface area contributed by atoms with E-state index >= 15 is 0 Å². The monoisotopic (exact) mass is 504 g/mol. The maximum absolute atomic E-state index is 12.2. The maximum atomic E-state index is 12.2. The molecular formula is C26H23Cl3O4. The van der Waals surface area contributed by atoms with Crippen LogP contribution in [0.15, 0.2) is 72.5 Å². The van der Waals surface area contributed by atoms with Crippen molar-refractivity contribution in [2.24, 2.45) is 0 Å². The van der Waals surface area contributed by atoms with Gasteiger partial charge in [-0.25, -0.2) is 4.79 Å². The lowest BCUT2D eigenvalue weighted by molar-refractivity contribution is -0.143. The highest BCUT2D eigenvalue weighted by atomic mass is 35.5. The Morgan fingerprint density at radius 3 is 1.97 bits per heavy atom. The van der Waals surface area contributed by atoms with Gasteiger partial charge in [-0.15, -0.1) is 0 Å². The highest BCUT2D eigenvalue weighted by Crippen LogP contribution is 2.38. The second-order valence-electron chi connectivity index (χ2n) is 7.87. The number of cyclic esters (lactones) is 1. The highest BCUT2D eigenvalue weighted by molar-refractivity contribution is 6.30. The molecule has 7 heteroatoms. The van der Waals surface area contributed by atoms with E-state index in [1.54, 1.807) is 38.1 Å². The van der Waals surface area contributed by atoms with Crippen molar-refractivity contribution in [2.45, 2.75) is 26.4 Å². The Morgan fingerprint density at radius 2 is 1.45 bits per heavy atom. The number of halogens is 3. The van der Waals surface area contributed by atoms with Gasteiger partial charge in [0, 0.05) is 10.0 Å². The van der Waals surface area contributed by atoms with Crippen LogP contribution >= 0.6 is 34.8 Å². The lowest BCUT2D eigenvalue weighted by Crippen LogP contribution is -2.22. The second kappa shape index (κ2) is 10.5. The zero-order valence-electron chi connectivity index (χ0n) is 18.4. The first-order valence-corrected chi connectivity index (χ1v) is 11.4. The molecule has 0 aromatic heterocycles. The van der Waals surface area contributed by atoms with Gasteiger partial charge in [0.2, 0.25) is 0 Å². The molecule has 3 aromatic rings. The summed E-state index contributed by atoms with van der Waals surface area (Å²) in [5.74, 6) is 0.210. The van der Waals surface area contributed by atoms with E-state index in [9.17, 15) is 9.90 Å². The first-order chi connectivity index (χ1) is 15.6. The van der Waals surface area contributed by atoms with Crippen LogP contribution in [0.25, 0.3) is 16.7 Å². The minimum absolute atomic E-state index is 0.0288. The minimum atomic E-state index is -0.991. The third-order valence-electron chi connectivity index (χ3n) is 5.08. The van der Waals surface area contributed by atoms with E-state index < -0.39 is 11.6 Å². The van der Waals surface area contributed by atoms with Gasteiger partial charge in [-0.3, -0.25) is 0 Å². The summed E-state index contributed by atoms with van der Waals surface area (Å²) in [6.45, 7) is 5.25. The van der Waals surface area contributed by atoms with Crippen LogP contribution in [-0.4, -0.2) is 22.7 Å². The zero-order chi connectivity index (χ0) is 24.2. The normalized spacial score (nSPS) is 14.4. The Kier molecular flexibility index (Phi) is 7.96. The molecule has 0 saturated heterocycles. The van der Waals surface area contributed by atoms with Gasteiger partial charge in [0.15, 0.2) is 17.4 Å². The number of esters is 1. The molecule has 0 fully saturated rings. The zero-order valence-corrected chi connectivity index (χ0v) is 20.6. The molecule has 3 aromatic carbocycles. The minimum Gasteiger partial charge on any atom is -0.507 e. The first-order valence-electron chi connectivity index (χ1n) is 10.1. The van der Waals surface area contributed by atoms with Crippen molar-refractivity contribution >= 4 is 46.3 Å². The fraction of sp³-hybridized carbons (Fsp3) is 0.192. The molecule has 0 unspecified atom stereocenters. The highest BCUT2D eigenvalue weighted by Gasteiger charge is 2.41.